The zero-order chi connectivity index (χ0) is 19.9. The Morgan fingerprint density at radius 3 is 2.61 bits per heavy atom. The van der Waals surface area contributed by atoms with Crippen LogP contribution in [0.4, 0.5) is 13.2 Å². The number of aromatic nitrogens is 1. The Morgan fingerprint density at radius 1 is 1.29 bits per heavy atom. The van der Waals surface area contributed by atoms with Gasteiger partial charge in [-0.3, -0.25) is 0 Å². The summed E-state index contributed by atoms with van der Waals surface area (Å²) < 4.78 is 43.7. The average Bonchev–Trinajstić information content (AvgIpc) is 3.09. The molecule has 0 aliphatic rings. The van der Waals surface area contributed by atoms with Crippen molar-refractivity contribution in [3.63, 3.8) is 0 Å². The molecule has 0 radical (unpaired) electrons. The minimum atomic E-state index is -4.43. The topological polar surface area (TPSA) is 58.5 Å². The first-order valence-corrected chi connectivity index (χ1v) is 9.43. The number of hydrogen-bond acceptors (Lipinski definition) is 4. The maximum atomic E-state index is 12.6. The van der Waals surface area contributed by atoms with Crippen molar-refractivity contribution in [1.29, 1.82) is 0 Å². The number of nitrogens with zero attached hydrogens (tertiary/aromatic N) is 2. The summed E-state index contributed by atoms with van der Waals surface area (Å²) in [6.07, 6.45) is -4.55. The van der Waals surface area contributed by atoms with Crippen LogP contribution >= 0.6 is 35.3 Å². The monoisotopic (exact) mass is 528 g/mol. The number of alkyl halides is 3. The zero-order valence-corrected chi connectivity index (χ0v) is 19.0. The van der Waals surface area contributed by atoms with Gasteiger partial charge in [0.1, 0.15) is 16.9 Å². The molecule has 1 aromatic carbocycles. The number of thiazole rings is 1. The second-order valence-corrected chi connectivity index (χ2v) is 6.84. The number of ether oxygens (including phenoxy) is 1. The fourth-order valence-corrected chi connectivity index (χ4v) is 2.91. The molecule has 1 atom stereocenters. The van der Waals surface area contributed by atoms with Crippen molar-refractivity contribution in [1.82, 2.24) is 15.6 Å². The van der Waals surface area contributed by atoms with E-state index in [0.717, 1.165) is 28.0 Å². The van der Waals surface area contributed by atoms with Crippen LogP contribution in [0.25, 0.3) is 0 Å². The number of para-hydroxylation sites is 1. The Kier molecular flexibility index (Phi) is 10.0. The van der Waals surface area contributed by atoms with Gasteiger partial charge in [0.2, 0.25) is 0 Å². The highest BCUT2D eigenvalue weighted by atomic mass is 127. The van der Waals surface area contributed by atoms with E-state index in [4.69, 9.17) is 4.74 Å². The molecule has 0 aliphatic carbocycles. The molecule has 0 aliphatic heterocycles. The number of rotatable bonds is 7. The predicted octanol–water partition coefficient (Wildman–Crippen LogP) is 4.61. The SMILES string of the molecule is CCNC(=NCc1nc(C(F)(F)F)cs1)NCC(C)Oc1ccccc1C.I. The molecule has 1 unspecified atom stereocenters. The highest BCUT2D eigenvalue weighted by Gasteiger charge is 2.33. The average molecular weight is 528 g/mol. The van der Waals surface area contributed by atoms with Crippen molar-refractivity contribution in [3.8, 4) is 5.75 Å². The van der Waals surface area contributed by atoms with Crippen molar-refractivity contribution in [2.45, 2.75) is 39.6 Å². The van der Waals surface area contributed by atoms with Gasteiger partial charge in [0.25, 0.3) is 0 Å². The van der Waals surface area contributed by atoms with E-state index in [-0.39, 0.29) is 36.6 Å². The molecule has 5 nitrogen and oxygen atoms in total. The van der Waals surface area contributed by atoms with Crippen LogP contribution < -0.4 is 15.4 Å². The lowest BCUT2D eigenvalue weighted by atomic mass is 10.2. The third-order valence-corrected chi connectivity index (χ3v) is 4.37. The van der Waals surface area contributed by atoms with Crippen LogP contribution in [0.1, 0.15) is 30.1 Å². The van der Waals surface area contributed by atoms with Crippen LogP contribution in [0.15, 0.2) is 34.6 Å². The number of guanidine groups is 1. The number of halogens is 4. The molecule has 0 spiro atoms. The van der Waals surface area contributed by atoms with E-state index in [1.807, 2.05) is 45.0 Å². The Bertz CT molecular complexity index is 767. The number of nitrogens with one attached hydrogen (secondary N) is 2. The maximum Gasteiger partial charge on any atom is 0.434 e. The second kappa shape index (κ2) is 11.4. The summed E-state index contributed by atoms with van der Waals surface area (Å²) in [5.41, 5.74) is 0.171. The van der Waals surface area contributed by atoms with Crippen LogP contribution in [-0.2, 0) is 12.7 Å². The largest absolute Gasteiger partial charge is 0.489 e. The summed E-state index contributed by atoms with van der Waals surface area (Å²) in [7, 11) is 0. The lowest BCUT2D eigenvalue weighted by molar-refractivity contribution is -0.140. The highest BCUT2D eigenvalue weighted by Crippen LogP contribution is 2.30. The predicted molar refractivity (Wildman–Crippen MR) is 117 cm³/mol. The first kappa shape index (κ1) is 24.5. The molecule has 2 N–H and O–H groups in total. The zero-order valence-electron chi connectivity index (χ0n) is 15.8. The molecular formula is C18H24F3IN4OS. The van der Waals surface area contributed by atoms with Crippen molar-refractivity contribution >= 4 is 41.3 Å². The lowest BCUT2D eigenvalue weighted by Crippen LogP contribution is -2.41. The summed E-state index contributed by atoms with van der Waals surface area (Å²) in [5, 5.41) is 7.51. The maximum absolute atomic E-state index is 12.6. The highest BCUT2D eigenvalue weighted by molar-refractivity contribution is 14.0. The van der Waals surface area contributed by atoms with Crippen molar-refractivity contribution in [2.24, 2.45) is 4.99 Å². The van der Waals surface area contributed by atoms with Crippen molar-refractivity contribution in [3.05, 3.63) is 45.9 Å². The molecule has 1 heterocycles. The molecule has 0 fully saturated rings. The van der Waals surface area contributed by atoms with Gasteiger partial charge in [-0.15, -0.1) is 35.3 Å². The summed E-state index contributed by atoms with van der Waals surface area (Å²) in [6.45, 7) is 7.01. The summed E-state index contributed by atoms with van der Waals surface area (Å²) in [5.74, 6) is 1.32. The van der Waals surface area contributed by atoms with Gasteiger partial charge in [-0.05, 0) is 32.4 Å². The molecule has 0 saturated heterocycles. The molecule has 10 heteroatoms. The van der Waals surface area contributed by atoms with Crippen molar-refractivity contribution in [2.75, 3.05) is 13.1 Å². The Labute approximate surface area is 183 Å². The van der Waals surface area contributed by atoms with E-state index in [1.54, 1.807) is 0 Å². The van der Waals surface area contributed by atoms with E-state index in [9.17, 15) is 13.2 Å². The molecule has 156 valence electrons. The smallest absolute Gasteiger partial charge is 0.434 e. The van der Waals surface area contributed by atoms with E-state index in [1.165, 1.54) is 0 Å². The Morgan fingerprint density at radius 2 is 2.00 bits per heavy atom. The van der Waals surface area contributed by atoms with Gasteiger partial charge in [-0.1, -0.05) is 18.2 Å². The first-order valence-electron chi connectivity index (χ1n) is 8.55. The van der Waals surface area contributed by atoms with Crippen LogP contribution in [0, 0.1) is 6.92 Å². The fraction of sp³-hybridized carbons (Fsp3) is 0.444. The van der Waals surface area contributed by atoms with Crippen LogP contribution in [0.2, 0.25) is 0 Å². The van der Waals surface area contributed by atoms with E-state index in [0.29, 0.717) is 24.1 Å². The quantitative estimate of drug-likeness (QED) is 0.313. The molecule has 1 aromatic heterocycles. The lowest BCUT2D eigenvalue weighted by Gasteiger charge is -2.18. The van der Waals surface area contributed by atoms with Crippen LogP contribution in [0.3, 0.4) is 0 Å². The van der Waals surface area contributed by atoms with E-state index >= 15 is 0 Å². The van der Waals surface area contributed by atoms with Gasteiger partial charge in [-0.2, -0.15) is 13.2 Å². The molecule has 0 amide bonds. The first-order chi connectivity index (χ1) is 12.8. The summed E-state index contributed by atoms with van der Waals surface area (Å²) in [4.78, 5) is 7.88. The van der Waals surface area contributed by atoms with Crippen molar-refractivity contribution < 1.29 is 17.9 Å². The second-order valence-electron chi connectivity index (χ2n) is 5.89. The normalized spacial score (nSPS) is 12.9. The van der Waals surface area contributed by atoms with E-state index < -0.39 is 11.9 Å². The van der Waals surface area contributed by atoms with Gasteiger partial charge in [0, 0.05) is 11.9 Å². The van der Waals surface area contributed by atoms with Gasteiger partial charge in [0.05, 0.1) is 13.1 Å². The minimum Gasteiger partial charge on any atom is -0.489 e. The van der Waals surface area contributed by atoms with Gasteiger partial charge < -0.3 is 15.4 Å². The molecule has 0 saturated carbocycles. The summed E-state index contributed by atoms with van der Waals surface area (Å²) in [6, 6.07) is 7.75. The van der Waals surface area contributed by atoms with Gasteiger partial charge >= 0.3 is 6.18 Å². The Balaban J connectivity index is 0.00000392. The number of aliphatic imine (C=N–C) groups is 1. The standard InChI is InChI=1S/C18H23F3N4OS.HI/c1-4-22-17(24-10-16-25-15(11-27-16)18(19,20)21)23-9-13(3)26-14-8-6-5-7-12(14)2;/h5-8,11,13H,4,9-10H2,1-3H3,(H2,22,23,24);1H. The molecule has 28 heavy (non-hydrogen) atoms. The molecule has 2 rings (SSSR count). The minimum absolute atomic E-state index is 0. The molecule has 2 aromatic rings. The van der Waals surface area contributed by atoms with Crippen LogP contribution in [0.5, 0.6) is 5.75 Å². The third-order valence-electron chi connectivity index (χ3n) is 3.54. The van der Waals surface area contributed by atoms with E-state index in [2.05, 4.69) is 20.6 Å². The third kappa shape index (κ3) is 7.82. The molecular weight excluding hydrogens is 504 g/mol. The van der Waals surface area contributed by atoms with Gasteiger partial charge in [0.15, 0.2) is 11.7 Å². The van der Waals surface area contributed by atoms with Crippen LogP contribution in [-0.4, -0.2) is 30.1 Å². The number of benzene rings is 1. The Hall–Kier alpha value is -1.56. The number of aryl methyl sites for hydroxylation is 1. The fourth-order valence-electron chi connectivity index (χ4n) is 2.19. The van der Waals surface area contributed by atoms with Gasteiger partial charge in [-0.25, -0.2) is 9.98 Å². The number of hydrogen-bond donors (Lipinski definition) is 2. The molecule has 0 bridgehead atoms. The summed E-state index contributed by atoms with van der Waals surface area (Å²) >= 11 is 0.946.